The van der Waals surface area contributed by atoms with E-state index in [1.54, 1.807) is 18.0 Å². The van der Waals surface area contributed by atoms with Gasteiger partial charge in [-0.15, -0.1) is 0 Å². The quantitative estimate of drug-likeness (QED) is 0.362. The van der Waals surface area contributed by atoms with Crippen LogP contribution >= 0.6 is 0 Å². The van der Waals surface area contributed by atoms with E-state index in [1.165, 1.54) is 12.0 Å². The zero-order valence-corrected chi connectivity index (χ0v) is 21.7. The summed E-state index contributed by atoms with van der Waals surface area (Å²) in [6.45, 7) is 2.79. The summed E-state index contributed by atoms with van der Waals surface area (Å²) in [5, 5.41) is 15.0. The number of nitrogens with one attached hydrogen (secondary N) is 1. The molecule has 1 N–H and O–H groups in total. The second kappa shape index (κ2) is 9.22. The molecule has 0 aliphatic carbocycles. The van der Waals surface area contributed by atoms with Crippen LogP contribution in [-0.2, 0) is 13.6 Å². The van der Waals surface area contributed by atoms with Crippen molar-refractivity contribution in [3.63, 3.8) is 0 Å². The van der Waals surface area contributed by atoms with E-state index in [9.17, 15) is 5.26 Å². The predicted molar refractivity (Wildman–Crippen MR) is 147 cm³/mol. The number of methoxy groups -OCH3 is 1. The molecule has 0 radical (unpaired) electrons. The predicted octanol–water partition coefficient (Wildman–Crippen LogP) is 3.76. The summed E-state index contributed by atoms with van der Waals surface area (Å²) in [7, 11) is 3.52. The molecule has 10 heteroatoms. The van der Waals surface area contributed by atoms with Gasteiger partial charge in [0.2, 0.25) is 5.88 Å². The lowest BCUT2D eigenvalue weighted by Crippen LogP contribution is -2.68. The van der Waals surface area contributed by atoms with Crippen LogP contribution in [0.2, 0.25) is 0 Å². The SMILES string of the molecule is COc1ccc(CN2C3CC2CN(c2ccc(-c4c(C#N)cnc5[nH]c(-c6cnn(C)c6)cc45)cn2)C3)cn1. The maximum absolute atomic E-state index is 9.86. The molecule has 2 unspecified atom stereocenters. The molecule has 10 nitrogen and oxygen atoms in total. The van der Waals surface area contributed by atoms with Crippen molar-refractivity contribution in [3.05, 3.63) is 72.4 Å². The number of piperazine rings is 1. The first kappa shape index (κ1) is 23.4. The summed E-state index contributed by atoms with van der Waals surface area (Å²) in [6.07, 6.45) is 10.4. The molecule has 0 spiro atoms. The topological polar surface area (TPSA) is 112 Å². The van der Waals surface area contributed by atoms with Crippen molar-refractivity contribution >= 4 is 16.9 Å². The number of hydrogen-bond donors (Lipinski definition) is 1. The van der Waals surface area contributed by atoms with Crippen molar-refractivity contribution in [2.24, 2.45) is 7.05 Å². The van der Waals surface area contributed by atoms with Crippen molar-refractivity contribution in [1.82, 2.24) is 34.6 Å². The highest BCUT2D eigenvalue weighted by Crippen LogP contribution is 2.37. The third-order valence-corrected chi connectivity index (χ3v) is 7.87. The number of H-pyrrole nitrogens is 1. The normalized spacial score (nSPS) is 18.6. The van der Waals surface area contributed by atoms with Crippen molar-refractivity contribution in [1.29, 1.82) is 5.26 Å². The third-order valence-electron chi connectivity index (χ3n) is 7.87. The van der Waals surface area contributed by atoms with Crippen LogP contribution < -0.4 is 9.64 Å². The van der Waals surface area contributed by atoms with Gasteiger partial charge in [0.1, 0.15) is 17.5 Å². The van der Waals surface area contributed by atoms with Gasteiger partial charge in [0.05, 0.1) is 24.6 Å². The smallest absolute Gasteiger partial charge is 0.212 e. The van der Waals surface area contributed by atoms with Gasteiger partial charge in [-0.1, -0.05) is 6.07 Å². The Morgan fingerprint density at radius 2 is 1.90 bits per heavy atom. The Balaban J connectivity index is 1.11. The van der Waals surface area contributed by atoms with E-state index in [2.05, 4.69) is 54.1 Å². The first-order valence-corrected chi connectivity index (χ1v) is 13.0. The van der Waals surface area contributed by atoms with Gasteiger partial charge < -0.3 is 14.6 Å². The van der Waals surface area contributed by atoms with E-state index in [1.807, 2.05) is 44.0 Å². The zero-order valence-electron chi connectivity index (χ0n) is 21.7. The van der Waals surface area contributed by atoms with Gasteiger partial charge in [0.25, 0.3) is 0 Å². The van der Waals surface area contributed by atoms with Gasteiger partial charge in [-0.05, 0) is 30.2 Å². The van der Waals surface area contributed by atoms with Crippen molar-refractivity contribution in [2.75, 3.05) is 25.1 Å². The van der Waals surface area contributed by atoms with E-state index in [-0.39, 0.29) is 0 Å². The number of nitriles is 1. The van der Waals surface area contributed by atoms with Crippen molar-refractivity contribution in [2.45, 2.75) is 25.0 Å². The molecule has 39 heavy (non-hydrogen) atoms. The van der Waals surface area contributed by atoms with Gasteiger partial charge in [-0.2, -0.15) is 10.4 Å². The molecular formula is C29H27N9O. The number of hydrogen-bond acceptors (Lipinski definition) is 8. The molecule has 2 bridgehead atoms. The van der Waals surface area contributed by atoms with Crippen LogP contribution in [0.3, 0.4) is 0 Å². The fourth-order valence-electron chi connectivity index (χ4n) is 5.88. The Bertz CT molecular complexity index is 1690. The number of aromatic amines is 1. The Labute approximate surface area is 225 Å². The van der Waals surface area contributed by atoms with E-state index >= 15 is 0 Å². The number of rotatable bonds is 6. The van der Waals surface area contributed by atoms with Crippen LogP contribution in [0.1, 0.15) is 17.5 Å². The molecule has 3 fully saturated rings. The summed E-state index contributed by atoms with van der Waals surface area (Å²) in [5.74, 6) is 1.61. The molecule has 3 saturated heterocycles. The van der Waals surface area contributed by atoms with E-state index in [0.717, 1.165) is 58.9 Å². The lowest BCUT2D eigenvalue weighted by atomic mass is 9.87. The monoisotopic (exact) mass is 517 g/mol. The number of pyridine rings is 3. The van der Waals surface area contributed by atoms with Gasteiger partial charge in [-0.3, -0.25) is 9.58 Å². The molecule has 3 aliphatic rings. The maximum atomic E-state index is 9.86. The van der Waals surface area contributed by atoms with E-state index < -0.39 is 0 Å². The number of fused-ring (bicyclic) bond motifs is 3. The van der Waals surface area contributed by atoms with Gasteiger partial charge in [-0.25, -0.2) is 15.0 Å². The number of aryl methyl sites for hydroxylation is 1. The number of ether oxygens (including phenoxy) is 1. The summed E-state index contributed by atoms with van der Waals surface area (Å²) in [6, 6.07) is 13.5. The average molecular weight is 518 g/mol. The Morgan fingerprint density at radius 3 is 2.56 bits per heavy atom. The Hall–Kier alpha value is -4.75. The minimum Gasteiger partial charge on any atom is -0.481 e. The molecule has 2 atom stereocenters. The number of aromatic nitrogens is 6. The van der Waals surface area contributed by atoms with E-state index in [0.29, 0.717) is 23.5 Å². The van der Waals surface area contributed by atoms with E-state index in [4.69, 9.17) is 9.72 Å². The van der Waals surface area contributed by atoms with Crippen LogP contribution in [0.5, 0.6) is 5.88 Å². The molecule has 5 aromatic heterocycles. The molecule has 8 rings (SSSR count). The minimum atomic E-state index is 0.503. The summed E-state index contributed by atoms with van der Waals surface area (Å²) < 4.78 is 6.94. The van der Waals surface area contributed by atoms with Gasteiger partial charge >= 0.3 is 0 Å². The number of nitrogens with zero attached hydrogens (tertiary/aromatic N) is 8. The highest BCUT2D eigenvalue weighted by Gasteiger charge is 2.44. The maximum Gasteiger partial charge on any atom is 0.212 e. The van der Waals surface area contributed by atoms with Crippen LogP contribution in [-0.4, -0.2) is 66.9 Å². The van der Waals surface area contributed by atoms with Crippen molar-refractivity contribution in [3.8, 4) is 34.3 Å². The molecule has 194 valence electrons. The number of anilines is 1. The lowest BCUT2D eigenvalue weighted by molar-refractivity contribution is -0.00876. The molecule has 5 aromatic rings. The second-order valence-electron chi connectivity index (χ2n) is 10.2. The van der Waals surface area contributed by atoms with Crippen molar-refractivity contribution < 1.29 is 4.74 Å². The number of piperidine rings is 1. The highest BCUT2D eigenvalue weighted by atomic mass is 16.5. The third kappa shape index (κ3) is 4.08. The Kier molecular flexibility index (Phi) is 5.52. The standard InChI is InChI=1S/C29H27N9O/c1-36-15-21(13-34-36)25-8-24-28(20(9-30)12-33-29(24)35-25)19-4-5-26(31-11-19)37-16-22-7-23(17-37)38(22)14-18-3-6-27(39-2)32-10-18/h3-6,8,10-13,15,22-23H,7,14,16-17H2,1-2H3,(H,33,35). The fourth-order valence-corrected chi connectivity index (χ4v) is 5.88. The molecule has 3 aliphatic heterocycles. The van der Waals surface area contributed by atoms with Crippen LogP contribution in [0.4, 0.5) is 5.82 Å². The molecular weight excluding hydrogens is 490 g/mol. The summed E-state index contributed by atoms with van der Waals surface area (Å²) in [5.41, 5.74) is 6.08. The Morgan fingerprint density at radius 1 is 1.03 bits per heavy atom. The highest BCUT2D eigenvalue weighted by molar-refractivity contribution is 5.98. The van der Waals surface area contributed by atoms with Gasteiger partial charge in [0.15, 0.2) is 0 Å². The zero-order chi connectivity index (χ0) is 26.5. The second-order valence-corrected chi connectivity index (χ2v) is 10.2. The molecule has 0 amide bonds. The molecule has 8 heterocycles. The fraction of sp³-hybridized carbons (Fsp3) is 0.276. The van der Waals surface area contributed by atoms with Crippen LogP contribution in [0.15, 0.2) is 61.3 Å². The molecule has 0 aromatic carbocycles. The minimum absolute atomic E-state index is 0.503. The summed E-state index contributed by atoms with van der Waals surface area (Å²) in [4.78, 5) is 22.0. The average Bonchev–Trinajstić information content (AvgIpc) is 3.62. The van der Waals surface area contributed by atoms with Crippen LogP contribution in [0, 0.1) is 11.3 Å². The lowest BCUT2D eigenvalue weighted by Gasteiger charge is -2.56. The van der Waals surface area contributed by atoms with Crippen LogP contribution in [0.25, 0.3) is 33.4 Å². The molecule has 0 saturated carbocycles. The first-order chi connectivity index (χ1) is 19.1. The largest absolute Gasteiger partial charge is 0.481 e. The first-order valence-electron chi connectivity index (χ1n) is 13.0. The summed E-state index contributed by atoms with van der Waals surface area (Å²) >= 11 is 0. The van der Waals surface area contributed by atoms with Gasteiger partial charge in [0, 0.05) is 91.7 Å².